The number of carbonyl (C=O) groups is 1. The molecule has 0 saturated carbocycles. The van der Waals surface area contributed by atoms with Crippen LogP contribution < -0.4 is 20.8 Å². The number of para-hydroxylation sites is 1. The molecule has 0 radical (unpaired) electrons. The van der Waals surface area contributed by atoms with Crippen LogP contribution in [0.3, 0.4) is 0 Å². The number of carbonyl (C=O) groups excluding carboxylic acids is 1. The Balaban J connectivity index is 1.41. The van der Waals surface area contributed by atoms with E-state index in [-0.39, 0.29) is 18.1 Å². The summed E-state index contributed by atoms with van der Waals surface area (Å²) in [7, 11) is 0. The second kappa shape index (κ2) is 10.2. The Bertz CT molecular complexity index is 851. The number of rotatable bonds is 10. The molecule has 2 aromatic rings. The number of aliphatic hydroxyl groups excluding tert-OH is 1. The van der Waals surface area contributed by atoms with Gasteiger partial charge in [-0.15, -0.1) is 0 Å². The number of amides is 1. The van der Waals surface area contributed by atoms with Crippen LogP contribution in [0.25, 0.3) is 0 Å². The fraction of sp³-hybridized carbons (Fsp3) is 0.391. The molecule has 0 bridgehead atoms. The Morgan fingerprint density at radius 3 is 2.53 bits per heavy atom. The molecule has 1 atom stereocenters. The van der Waals surface area contributed by atoms with Crippen LogP contribution in [0.4, 0.5) is 5.69 Å². The number of hydrogen-bond acceptors (Lipinski definition) is 6. The van der Waals surface area contributed by atoms with Crippen molar-refractivity contribution in [1.82, 2.24) is 10.7 Å². The van der Waals surface area contributed by atoms with Crippen LogP contribution in [0.15, 0.2) is 59.7 Å². The van der Waals surface area contributed by atoms with Gasteiger partial charge in [-0.25, -0.2) is 5.43 Å². The van der Waals surface area contributed by atoms with Crippen molar-refractivity contribution in [2.75, 3.05) is 25.0 Å². The van der Waals surface area contributed by atoms with E-state index < -0.39 is 6.10 Å². The molecule has 7 heteroatoms. The van der Waals surface area contributed by atoms with Crippen molar-refractivity contribution < 1.29 is 14.6 Å². The quantitative estimate of drug-likeness (QED) is 0.483. The van der Waals surface area contributed by atoms with Gasteiger partial charge in [0.25, 0.3) is 0 Å². The minimum atomic E-state index is -0.597. The number of anilines is 1. The minimum Gasteiger partial charge on any atom is -0.491 e. The number of aliphatic hydroxyl groups is 1. The molecule has 2 aromatic carbocycles. The zero-order valence-electron chi connectivity index (χ0n) is 17.5. The minimum absolute atomic E-state index is 0.0384. The lowest BCUT2D eigenvalue weighted by Gasteiger charge is -2.28. The van der Waals surface area contributed by atoms with Gasteiger partial charge >= 0.3 is 0 Å². The molecule has 1 amide bonds. The number of nitrogens with one attached hydrogen (secondary N) is 3. The average Bonchev–Trinajstić information content (AvgIpc) is 2.77. The van der Waals surface area contributed by atoms with Gasteiger partial charge in [0.05, 0.1) is 5.71 Å². The summed E-state index contributed by atoms with van der Waals surface area (Å²) >= 11 is 0. The van der Waals surface area contributed by atoms with Crippen molar-refractivity contribution in [1.29, 1.82) is 0 Å². The Labute approximate surface area is 177 Å². The van der Waals surface area contributed by atoms with Gasteiger partial charge in [0.15, 0.2) is 0 Å². The smallest absolute Gasteiger partial charge is 0.240 e. The highest BCUT2D eigenvalue weighted by molar-refractivity contribution is 6.04. The molecule has 1 aliphatic heterocycles. The van der Waals surface area contributed by atoms with Crippen LogP contribution in [-0.2, 0) is 4.79 Å². The van der Waals surface area contributed by atoms with Gasteiger partial charge in [0.1, 0.15) is 18.5 Å². The number of nitrogens with zero attached hydrogens (tertiary/aromatic N) is 1. The van der Waals surface area contributed by atoms with Crippen molar-refractivity contribution in [2.24, 2.45) is 5.10 Å². The van der Waals surface area contributed by atoms with Crippen LogP contribution >= 0.6 is 0 Å². The fourth-order valence-electron chi connectivity index (χ4n) is 3.01. The summed E-state index contributed by atoms with van der Waals surface area (Å²) in [6.07, 6.45) is 0.535. The van der Waals surface area contributed by atoms with E-state index >= 15 is 0 Å². The molecule has 1 unspecified atom stereocenters. The SMILES string of the molecule is CC(C)(CNc1ccc(C2=NNC(=O)CC2)cc1)NCC(O)COc1ccccc1. The van der Waals surface area contributed by atoms with Gasteiger partial charge in [-0.1, -0.05) is 30.3 Å². The summed E-state index contributed by atoms with van der Waals surface area (Å²) in [5.74, 6) is 0.714. The maximum atomic E-state index is 11.2. The molecule has 3 rings (SSSR count). The van der Waals surface area contributed by atoms with Gasteiger partial charge in [-0.3, -0.25) is 4.79 Å². The zero-order chi connectivity index (χ0) is 21.4. The van der Waals surface area contributed by atoms with E-state index in [0.29, 0.717) is 25.9 Å². The molecule has 1 heterocycles. The topological polar surface area (TPSA) is 95.0 Å². The van der Waals surface area contributed by atoms with Gasteiger partial charge in [-0.05, 0) is 43.7 Å². The third-order valence-corrected chi connectivity index (χ3v) is 4.86. The van der Waals surface area contributed by atoms with Crippen LogP contribution in [0.5, 0.6) is 5.75 Å². The molecule has 160 valence electrons. The maximum absolute atomic E-state index is 11.2. The predicted octanol–water partition coefficient (Wildman–Crippen LogP) is 2.52. The molecule has 0 fully saturated rings. The first-order valence-corrected chi connectivity index (χ1v) is 10.2. The van der Waals surface area contributed by atoms with E-state index in [1.54, 1.807) is 0 Å². The highest BCUT2D eigenvalue weighted by Crippen LogP contribution is 2.15. The number of hydrogen-bond donors (Lipinski definition) is 4. The first-order valence-electron chi connectivity index (χ1n) is 10.2. The molecule has 0 aromatic heterocycles. The number of β-amino-alcohol motifs (C(OH)–C–C–N with tert-alkyl or cyclic N) is 1. The zero-order valence-corrected chi connectivity index (χ0v) is 17.5. The number of hydrazone groups is 1. The number of benzene rings is 2. The second-order valence-corrected chi connectivity index (χ2v) is 8.07. The predicted molar refractivity (Wildman–Crippen MR) is 119 cm³/mol. The number of ether oxygens (including phenoxy) is 1. The highest BCUT2D eigenvalue weighted by Gasteiger charge is 2.19. The fourth-order valence-corrected chi connectivity index (χ4v) is 3.01. The first kappa shape index (κ1) is 21.8. The summed E-state index contributed by atoms with van der Waals surface area (Å²) in [6, 6.07) is 17.5. The lowest BCUT2D eigenvalue weighted by molar-refractivity contribution is -0.121. The van der Waals surface area contributed by atoms with E-state index in [2.05, 4.69) is 35.0 Å². The maximum Gasteiger partial charge on any atom is 0.240 e. The van der Waals surface area contributed by atoms with Gasteiger partial charge in [-0.2, -0.15) is 5.10 Å². The normalized spacial score (nSPS) is 15.2. The van der Waals surface area contributed by atoms with Gasteiger partial charge < -0.3 is 20.5 Å². The lowest BCUT2D eigenvalue weighted by Crippen LogP contribution is -2.49. The molecular formula is C23H30N4O3. The third-order valence-electron chi connectivity index (χ3n) is 4.86. The van der Waals surface area contributed by atoms with Gasteiger partial charge in [0, 0.05) is 37.2 Å². The van der Waals surface area contributed by atoms with Crippen LogP contribution in [-0.4, -0.2) is 48.1 Å². The Hall–Kier alpha value is -2.90. The van der Waals surface area contributed by atoms with Crippen LogP contribution in [0.2, 0.25) is 0 Å². The van der Waals surface area contributed by atoms with Crippen molar-refractivity contribution >= 4 is 17.3 Å². The van der Waals surface area contributed by atoms with Crippen molar-refractivity contribution in [3.8, 4) is 5.75 Å². The summed E-state index contributed by atoms with van der Waals surface area (Å²) in [5, 5.41) is 21.1. The Kier molecular flexibility index (Phi) is 7.43. The molecule has 30 heavy (non-hydrogen) atoms. The van der Waals surface area contributed by atoms with E-state index in [0.717, 1.165) is 22.7 Å². The molecule has 0 spiro atoms. The van der Waals surface area contributed by atoms with E-state index in [4.69, 9.17) is 4.74 Å². The third kappa shape index (κ3) is 6.86. The highest BCUT2D eigenvalue weighted by atomic mass is 16.5. The van der Waals surface area contributed by atoms with Crippen molar-refractivity contribution in [2.45, 2.75) is 38.3 Å². The first-order chi connectivity index (χ1) is 14.4. The Morgan fingerprint density at radius 1 is 1.13 bits per heavy atom. The van der Waals surface area contributed by atoms with E-state index in [1.807, 2.05) is 54.6 Å². The second-order valence-electron chi connectivity index (χ2n) is 8.07. The summed E-state index contributed by atoms with van der Waals surface area (Å²) in [6.45, 7) is 5.53. The van der Waals surface area contributed by atoms with Crippen molar-refractivity contribution in [3.05, 3.63) is 60.2 Å². The lowest BCUT2D eigenvalue weighted by atomic mass is 10.0. The summed E-state index contributed by atoms with van der Waals surface area (Å²) < 4.78 is 5.59. The van der Waals surface area contributed by atoms with E-state index in [9.17, 15) is 9.90 Å². The van der Waals surface area contributed by atoms with Gasteiger partial charge in [0.2, 0.25) is 5.91 Å². The average molecular weight is 411 g/mol. The summed E-state index contributed by atoms with van der Waals surface area (Å²) in [4.78, 5) is 11.2. The molecule has 0 aliphatic carbocycles. The van der Waals surface area contributed by atoms with Crippen LogP contribution in [0, 0.1) is 0 Å². The summed E-state index contributed by atoms with van der Waals surface area (Å²) in [5.41, 5.74) is 5.22. The molecule has 7 nitrogen and oxygen atoms in total. The Morgan fingerprint density at radius 2 is 1.87 bits per heavy atom. The largest absolute Gasteiger partial charge is 0.491 e. The van der Waals surface area contributed by atoms with Crippen LogP contribution in [0.1, 0.15) is 32.3 Å². The molecular weight excluding hydrogens is 380 g/mol. The monoisotopic (exact) mass is 410 g/mol. The van der Waals surface area contributed by atoms with E-state index in [1.165, 1.54) is 0 Å². The standard InChI is InChI=1S/C23H30N4O3/c1-23(2,25-14-19(28)15-30-20-6-4-3-5-7-20)16-24-18-10-8-17(9-11-18)21-12-13-22(29)27-26-21/h3-11,19,24-25,28H,12-16H2,1-2H3,(H,27,29). The molecule has 1 aliphatic rings. The van der Waals surface area contributed by atoms with Crippen molar-refractivity contribution in [3.63, 3.8) is 0 Å². The molecule has 0 saturated heterocycles. The molecule has 4 N–H and O–H groups in total.